The third-order valence-electron chi connectivity index (χ3n) is 5.08. The molecule has 1 heterocycles. The lowest BCUT2D eigenvalue weighted by atomic mass is 10.1. The molecule has 8 nitrogen and oxygen atoms in total. The Kier molecular flexibility index (Phi) is 7.11. The fourth-order valence-corrected chi connectivity index (χ4v) is 3.40. The number of methoxy groups -OCH3 is 1. The Hall–Kier alpha value is -4.59. The molecule has 0 aliphatic heterocycles. The van der Waals surface area contributed by atoms with Crippen LogP contribution < -0.4 is 25.0 Å². The van der Waals surface area contributed by atoms with Gasteiger partial charge >= 0.3 is 0 Å². The smallest absolute Gasteiger partial charge is 0.248 e. The maximum atomic E-state index is 12.2. The van der Waals surface area contributed by atoms with Gasteiger partial charge in [0.2, 0.25) is 11.9 Å². The number of ether oxygens (including phenoxy) is 2. The van der Waals surface area contributed by atoms with Crippen molar-refractivity contribution in [2.24, 2.45) is 0 Å². The molecule has 0 saturated carbocycles. The number of hydrogen-bond acceptors (Lipinski definition) is 7. The van der Waals surface area contributed by atoms with E-state index in [4.69, 9.17) is 14.5 Å². The highest BCUT2D eigenvalue weighted by Gasteiger charge is 2.15. The second kappa shape index (κ2) is 10.6. The van der Waals surface area contributed by atoms with Crippen molar-refractivity contribution < 1.29 is 14.3 Å². The summed E-state index contributed by atoms with van der Waals surface area (Å²) in [5.41, 5.74) is 2.03. The van der Waals surface area contributed by atoms with Crippen molar-refractivity contribution in [3.05, 3.63) is 78.9 Å². The molecule has 0 unspecified atom stereocenters. The molecule has 8 heteroatoms. The minimum atomic E-state index is -0.250. The van der Waals surface area contributed by atoms with Crippen LogP contribution in [-0.4, -0.2) is 37.1 Å². The normalized spacial score (nSPS) is 10.9. The minimum Gasteiger partial charge on any atom is -0.494 e. The molecule has 0 spiro atoms. The highest BCUT2D eigenvalue weighted by molar-refractivity contribution is 6.03. The average molecular weight is 470 g/mol. The largest absolute Gasteiger partial charge is 0.494 e. The lowest BCUT2D eigenvalue weighted by Gasteiger charge is -2.17. The van der Waals surface area contributed by atoms with Crippen molar-refractivity contribution in [1.82, 2.24) is 9.97 Å². The zero-order valence-corrected chi connectivity index (χ0v) is 20.1. The number of aromatic nitrogens is 2. The van der Waals surface area contributed by atoms with E-state index in [-0.39, 0.29) is 5.91 Å². The molecular weight excluding hydrogens is 442 g/mol. The zero-order valence-electron chi connectivity index (χ0n) is 20.1. The van der Waals surface area contributed by atoms with Crippen molar-refractivity contribution in [3.63, 3.8) is 0 Å². The Bertz CT molecular complexity index is 1350. The molecule has 4 aromatic rings. The number of benzene rings is 3. The number of rotatable bonds is 8. The van der Waals surface area contributed by atoms with Gasteiger partial charge in [-0.15, -0.1) is 0 Å². The number of allylic oxidation sites excluding steroid dienone is 1. The molecule has 0 saturated heterocycles. The van der Waals surface area contributed by atoms with Crippen LogP contribution in [0.4, 0.5) is 23.1 Å². The third kappa shape index (κ3) is 5.67. The molecule has 1 amide bonds. The summed E-state index contributed by atoms with van der Waals surface area (Å²) in [7, 11) is 5.31. The number of anilines is 4. The van der Waals surface area contributed by atoms with E-state index in [0.717, 1.165) is 22.6 Å². The third-order valence-corrected chi connectivity index (χ3v) is 5.08. The first-order chi connectivity index (χ1) is 17.0. The Morgan fingerprint density at radius 1 is 0.971 bits per heavy atom. The molecule has 0 aliphatic rings. The fourth-order valence-electron chi connectivity index (χ4n) is 3.40. The maximum absolute atomic E-state index is 12.2. The Morgan fingerprint density at radius 2 is 1.69 bits per heavy atom. The highest BCUT2D eigenvalue weighted by atomic mass is 16.5. The first-order valence-electron chi connectivity index (χ1n) is 11.1. The predicted molar refractivity (Wildman–Crippen MR) is 140 cm³/mol. The lowest BCUT2D eigenvalue weighted by molar-refractivity contribution is -0.111. The van der Waals surface area contributed by atoms with Crippen LogP contribution in [0.25, 0.3) is 10.9 Å². The van der Waals surface area contributed by atoms with E-state index < -0.39 is 0 Å². The van der Waals surface area contributed by atoms with Crippen molar-refractivity contribution in [2.75, 3.05) is 36.7 Å². The van der Waals surface area contributed by atoms with E-state index >= 15 is 0 Å². The van der Waals surface area contributed by atoms with Gasteiger partial charge in [0.15, 0.2) is 0 Å². The number of carbonyl (C=O) groups excluding carboxylic acids is 1. The monoisotopic (exact) mass is 469 g/mol. The summed E-state index contributed by atoms with van der Waals surface area (Å²) < 4.78 is 11.4. The molecule has 0 fully saturated rings. The number of hydrogen-bond donors (Lipinski definition) is 2. The van der Waals surface area contributed by atoms with Crippen LogP contribution in [0.3, 0.4) is 0 Å². The molecule has 4 rings (SSSR count). The summed E-state index contributed by atoms with van der Waals surface area (Å²) in [4.78, 5) is 23.4. The van der Waals surface area contributed by atoms with Gasteiger partial charge in [-0.25, -0.2) is 4.98 Å². The Labute approximate surface area is 204 Å². The Balaban J connectivity index is 1.69. The summed E-state index contributed by atoms with van der Waals surface area (Å²) in [5, 5.41) is 6.96. The van der Waals surface area contributed by atoms with Gasteiger partial charge in [0.05, 0.1) is 18.3 Å². The molecule has 3 aromatic carbocycles. The SMILES string of the molecule is C/C=C/C(=O)Nc1cc2c(Nc3ccc(Oc4ccccc4)cc3)nc(N(C)C)nc2cc1OC. The van der Waals surface area contributed by atoms with Gasteiger partial charge in [0.25, 0.3) is 0 Å². The van der Waals surface area contributed by atoms with Gasteiger partial charge in [-0.1, -0.05) is 24.3 Å². The summed E-state index contributed by atoms with van der Waals surface area (Å²) in [6, 6.07) is 20.8. The van der Waals surface area contributed by atoms with Crippen LogP contribution >= 0.6 is 0 Å². The van der Waals surface area contributed by atoms with Gasteiger partial charge in [0, 0.05) is 31.2 Å². The first kappa shape index (κ1) is 23.6. The zero-order chi connectivity index (χ0) is 24.8. The molecule has 178 valence electrons. The summed E-state index contributed by atoms with van der Waals surface area (Å²) in [6.45, 7) is 1.78. The summed E-state index contributed by atoms with van der Waals surface area (Å²) in [6.07, 6.45) is 3.13. The molecule has 0 aliphatic carbocycles. The van der Waals surface area contributed by atoms with Gasteiger partial charge in [-0.3, -0.25) is 4.79 Å². The van der Waals surface area contributed by atoms with Crippen molar-refractivity contribution in [3.8, 4) is 17.2 Å². The molecule has 35 heavy (non-hydrogen) atoms. The summed E-state index contributed by atoms with van der Waals surface area (Å²) in [5.74, 6) is 2.89. The molecule has 0 atom stereocenters. The van der Waals surface area contributed by atoms with E-state index in [9.17, 15) is 4.79 Å². The van der Waals surface area contributed by atoms with Crippen LogP contribution in [0, 0.1) is 0 Å². The maximum Gasteiger partial charge on any atom is 0.248 e. The van der Waals surface area contributed by atoms with E-state index in [1.165, 1.54) is 6.08 Å². The second-order valence-electron chi connectivity index (χ2n) is 7.89. The van der Waals surface area contributed by atoms with Gasteiger partial charge in [-0.05, 0) is 55.5 Å². The van der Waals surface area contributed by atoms with Gasteiger partial charge in [-0.2, -0.15) is 4.98 Å². The van der Waals surface area contributed by atoms with E-state index in [1.54, 1.807) is 26.2 Å². The predicted octanol–water partition coefficient (Wildman–Crippen LogP) is 5.75. The van der Waals surface area contributed by atoms with Crippen LogP contribution in [0.5, 0.6) is 17.2 Å². The van der Waals surface area contributed by atoms with Crippen LogP contribution in [0.15, 0.2) is 78.9 Å². The molecular formula is C27H27N5O3. The van der Waals surface area contributed by atoms with E-state index in [0.29, 0.717) is 28.7 Å². The highest BCUT2D eigenvalue weighted by Crippen LogP contribution is 2.35. The molecule has 2 N–H and O–H groups in total. The quantitative estimate of drug-likeness (QED) is 0.317. The Morgan fingerprint density at radius 3 is 2.34 bits per heavy atom. The molecule has 1 aromatic heterocycles. The van der Waals surface area contributed by atoms with E-state index in [2.05, 4.69) is 15.6 Å². The average Bonchev–Trinajstić information content (AvgIpc) is 2.85. The first-order valence-corrected chi connectivity index (χ1v) is 11.1. The van der Waals surface area contributed by atoms with Crippen molar-refractivity contribution in [2.45, 2.75) is 6.92 Å². The van der Waals surface area contributed by atoms with Crippen LogP contribution in [-0.2, 0) is 4.79 Å². The minimum absolute atomic E-state index is 0.250. The van der Waals surface area contributed by atoms with Crippen LogP contribution in [0.1, 0.15) is 6.92 Å². The van der Waals surface area contributed by atoms with Crippen LogP contribution in [0.2, 0.25) is 0 Å². The second-order valence-corrected chi connectivity index (χ2v) is 7.89. The fraction of sp³-hybridized carbons (Fsp3) is 0.148. The van der Waals surface area contributed by atoms with Crippen molar-refractivity contribution >= 4 is 40.0 Å². The number of carbonyl (C=O) groups is 1. The lowest BCUT2D eigenvalue weighted by Crippen LogP contribution is -2.14. The van der Waals surface area contributed by atoms with Crippen molar-refractivity contribution in [1.29, 1.82) is 0 Å². The standard InChI is InChI=1S/C27H27N5O3/c1-5-9-25(33)29-23-16-21-22(17-24(23)34-4)30-27(32(2)3)31-26(21)28-18-12-14-20(15-13-18)35-19-10-7-6-8-11-19/h5-17H,1-4H3,(H,29,33)(H,28,30,31)/b9-5+. The summed E-state index contributed by atoms with van der Waals surface area (Å²) >= 11 is 0. The van der Waals surface area contributed by atoms with Gasteiger partial charge < -0.3 is 25.0 Å². The molecule has 0 radical (unpaired) electrons. The number of fused-ring (bicyclic) bond motifs is 1. The number of para-hydroxylation sites is 1. The topological polar surface area (TPSA) is 88.6 Å². The molecule has 0 bridgehead atoms. The number of amides is 1. The van der Waals surface area contributed by atoms with E-state index in [1.807, 2.05) is 79.7 Å². The van der Waals surface area contributed by atoms with Gasteiger partial charge in [0.1, 0.15) is 23.1 Å². The number of nitrogens with zero attached hydrogens (tertiary/aromatic N) is 3. The number of nitrogens with one attached hydrogen (secondary N) is 2.